The standard InChI is InChI=1S/C12H24N4/c1-9(2)5-6-11(14-13)8-12-7-10(3)15-16(12)4/h7,9,11,14H,5-6,8,13H2,1-4H3. The van der Waals surface area contributed by atoms with Crippen LogP contribution in [0.25, 0.3) is 0 Å². The first-order chi connectivity index (χ1) is 7.52. The fourth-order valence-corrected chi connectivity index (χ4v) is 1.89. The van der Waals surface area contributed by atoms with Crippen LogP contribution in [0.2, 0.25) is 0 Å². The van der Waals surface area contributed by atoms with Crippen molar-refractivity contribution in [1.82, 2.24) is 15.2 Å². The van der Waals surface area contributed by atoms with Gasteiger partial charge in [-0.1, -0.05) is 13.8 Å². The molecule has 1 atom stereocenters. The number of hydrogen-bond acceptors (Lipinski definition) is 3. The Kier molecular flexibility index (Phi) is 4.96. The third-order valence-corrected chi connectivity index (χ3v) is 2.88. The monoisotopic (exact) mass is 224 g/mol. The Morgan fingerprint density at radius 1 is 1.44 bits per heavy atom. The summed E-state index contributed by atoms with van der Waals surface area (Å²) in [6.07, 6.45) is 3.25. The first kappa shape index (κ1) is 13.2. The highest BCUT2D eigenvalue weighted by Crippen LogP contribution is 2.11. The molecule has 4 nitrogen and oxygen atoms in total. The molecule has 1 aromatic heterocycles. The normalized spacial score (nSPS) is 13.4. The molecule has 1 rings (SSSR count). The summed E-state index contributed by atoms with van der Waals surface area (Å²) < 4.78 is 1.94. The van der Waals surface area contributed by atoms with Crippen LogP contribution in [0.15, 0.2) is 6.07 Å². The van der Waals surface area contributed by atoms with Gasteiger partial charge in [-0.25, -0.2) is 0 Å². The lowest BCUT2D eigenvalue weighted by molar-refractivity contribution is 0.427. The predicted octanol–water partition coefficient (Wildman–Crippen LogP) is 1.54. The zero-order valence-electron chi connectivity index (χ0n) is 10.8. The van der Waals surface area contributed by atoms with Crippen molar-refractivity contribution >= 4 is 0 Å². The van der Waals surface area contributed by atoms with E-state index in [9.17, 15) is 0 Å². The molecular weight excluding hydrogens is 200 g/mol. The van der Waals surface area contributed by atoms with Crippen molar-refractivity contribution in [2.24, 2.45) is 18.8 Å². The van der Waals surface area contributed by atoms with Crippen molar-refractivity contribution in [2.45, 2.75) is 46.1 Å². The molecule has 0 fully saturated rings. The zero-order valence-corrected chi connectivity index (χ0v) is 10.8. The molecule has 0 spiro atoms. The zero-order chi connectivity index (χ0) is 12.1. The molecule has 0 aliphatic heterocycles. The second kappa shape index (κ2) is 6.01. The van der Waals surface area contributed by atoms with Crippen molar-refractivity contribution in [3.05, 3.63) is 17.5 Å². The van der Waals surface area contributed by atoms with Gasteiger partial charge in [-0.05, 0) is 31.7 Å². The number of aromatic nitrogens is 2. The van der Waals surface area contributed by atoms with Gasteiger partial charge in [-0.15, -0.1) is 0 Å². The van der Waals surface area contributed by atoms with E-state index in [0.717, 1.165) is 24.5 Å². The van der Waals surface area contributed by atoms with E-state index in [-0.39, 0.29) is 0 Å². The molecule has 16 heavy (non-hydrogen) atoms. The van der Waals surface area contributed by atoms with Crippen LogP contribution in [0.4, 0.5) is 0 Å². The van der Waals surface area contributed by atoms with Gasteiger partial charge in [0.1, 0.15) is 0 Å². The third kappa shape index (κ3) is 3.94. The summed E-state index contributed by atoms with van der Waals surface area (Å²) >= 11 is 0. The Labute approximate surface area is 98.2 Å². The molecule has 1 heterocycles. The average molecular weight is 224 g/mol. The molecule has 1 aromatic rings. The molecule has 1 unspecified atom stereocenters. The van der Waals surface area contributed by atoms with E-state index in [1.807, 2.05) is 18.7 Å². The molecular formula is C12H24N4. The van der Waals surface area contributed by atoms with E-state index >= 15 is 0 Å². The Morgan fingerprint density at radius 2 is 2.12 bits per heavy atom. The van der Waals surface area contributed by atoms with Gasteiger partial charge in [0.25, 0.3) is 0 Å². The van der Waals surface area contributed by atoms with E-state index in [4.69, 9.17) is 5.84 Å². The lowest BCUT2D eigenvalue weighted by Crippen LogP contribution is -2.37. The highest BCUT2D eigenvalue weighted by atomic mass is 15.3. The molecule has 0 aliphatic carbocycles. The van der Waals surface area contributed by atoms with Gasteiger partial charge >= 0.3 is 0 Å². The Bertz CT molecular complexity index is 317. The molecule has 4 heteroatoms. The lowest BCUT2D eigenvalue weighted by atomic mass is 10.0. The van der Waals surface area contributed by atoms with Gasteiger partial charge in [0, 0.05) is 25.2 Å². The van der Waals surface area contributed by atoms with Crippen LogP contribution in [0.5, 0.6) is 0 Å². The van der Waals surface area contributed by atoms with Gasteiger partial charge in [0.2, 0.25) is 0 Å². The second-order valence-corrected chi connectivity index (χ2v) is 4.94. The summed E-state index contributed by atoms with van der Waals surface area (Å²) in [4.78, 5) is 0. The Balaban J connectivity index is 2.52. The summed E-state index contributed by atoms with van der Waals surface area (Å²) in [6, 6.07) is 2.47. The second-order valence-electron chi connectivity index (χ2n) is 4.94. The van der Waals surface area contributed by atoms with Crippen LogP contribution >= 0.6 is 0 Å². The average Bonchev–Trinajstić information content (AvgIpc) is 2.51. The number of nitrogens with two attached hydrogens (primary N) is 1. The van der Waals surface area contributed by atoms with Crippen LogP contribution in [-0.2, 0) is 13.5 Å². The van der Waals surface area contributed by atoms with Crippen LogP contribution in [0.1, 0.15) is 38.1 Å². The van der Waals surface area contributed by atoms with Crippen molar-refractivity contribution in [1.29, 1.82) is 0 Å². The molecule has 0 aliphatic rings. The molecule has 0 saturated heterocycles. The molecule has 0 aromatic carbocycles. The van der Waals surface area contributed by atoms with Gasteiger partial charge in [-0.2, -0.15) is 5.10 Å². The van der Waals surface area contributed by atoms with Crippen molar-refractivity contribution in [3.8, 4) is 0 Å². The van der Waals surface area contributed by atoms with E-state index in [2.05, 4.69) is 30.4 Å². The third-order valence-electron chi connectivity index (χ3n) is 2.88. The topological polar surface area (TPSA) is 55.9 Å². The highest BCUT2D eigenvalue weighted by Gasteiger charge is 2.11. The summed E-state index contributed by atoms with van der Waals surface area (Å²) in [5, 5.41) is 4.34. The summed E-state index contributed by atoms with van der Waals surface area (Å²) in [5.41, 5.74) is 5.21. The number of hydrogen-bond donors (Lipinski definition) is 2. The maximum absolute atomic E-state index is 5.58. The highest BCUT2D eigenvalue weighted by molar-refractivity contribution is 5.09. The van der Waals surface area contributed by atoms with Crippen LogP contribution in [-0.4, -0.2) is 15.8 Å². The fraction of sp³-hybridized carbons (Fsp3) is 0.750. The van der Waals surface area contributed by atoms with Crippen molar-refractivity contribution < 1.29 is 0 Å². The van der Waals surface area contributed by atoms with Crippen molar-refractivity contribution in [2.75, 3.05) is 0 Å². The smallest absolute Gasteiger partial charge is 0.0596 e. The minimum absolute atomic E-state index is 0.345. The fourth-order valence-electron chi connectivity index (χ4n) is 1.89. The van der Waals surface area contributed by atoms with Gasteiger partial charge in [0.05, 0.1) is 5.69 Å². The minimum Gasteiger partial charge on any atom is -0.272 e. The van der Waals surface area contributed by atoms with Crippen LogP contribution < -0.4 is 11.3 Å². The SMILES string of the molecule is Cc1cc(CC(CCC(C)C)NN)n(C)n1. The minimum atomic E-state index is 0.345. The van der Waals surface area contributed by atoms with E-state index < -0.39 is 0 Å². The van der Waals surface area contributed by atoms with Crippen molar-refractivity contribution in [3.63, 3.8) is 0 Å². The number of rotatable bonds is 6. The number of nitrogens with zero attached hydrogens (tertiary/aromatic N) is 2. The largest absolute Gasteiger partial charge is 0.272 e. The Hall–Kier alpha value is -0.870. The van der Waals surface area contributed by atoms with E-state index in [1.54, 1.807) is 0 Å². The molecule has 92 valence electrons. The van der Waals surface area contributed by atoms with Gasteiger partial charge in [-0.3, -0.25) is 16.0 Å². The molecule has 0 radical (unpaired) electrons. The predicted molar refractivity (Wildman–Crippen MR) is 66.8 cm³/mol. The number of aryl methyl sites for hydroxylation is 2. The number of hydrazine groups is 1. The van der Waals surface area contributed by atoms with Crippen LogP contribution in [0.3, 0.4) is 0 Å². The summed E-state index contributed by atoms with van der Waals surface area (Å²) in [5.74, 6) is 6.31. The molecule has 0 saturated carbocycles. The summed E-state index contributed by atoms with van der Waals surface area (Å²) in [6.45, 7) is 6.49. The van der Waals surface area contributed by atoms with Gasteiger partial charge in [0.15, 0.2) is 0 Å². The molecule has 0 amide bonds. The lowest BCUT2D eigenvalue weighted by Gasteiger charge is -2.16. The summed E-state index contributed by atoms with van der Waals surface area (Å²) in [7, 11) is 1.98. The number of nitrogens with one attached hydrogen (secondary N) is 1. The van der Waals surface area contributed by atoms with E-state index in [0.29, 0.717) is 6.04 Å². The molecule has 3 N–H and O–H groups in total. The quantitative estimate of drug-likeness (QED) is 0.569. The first-order valence-electron chi connectivity index (χ1n) is 5.98. The maximum Gasteiger partial charge on any atom is 0.0596 e. The van der Waals surface area contributed by atoms with E-state index in [1.165, 1.54) is 12.1 Å². The molecule has 0 bridgehead atoms. The first-order valence-corrected chi connectivity index (χ1v) is 5.98. The van der Waals surface area contributed by atoms with Crippen LogP contribution in [0, 0.1) is 12.8 Å². The maximum atomic E-state index is 5.58. The Morgan fingerprint density at radius 3 is 2.56 bits per heavy atom. The van der Waals surface area contributed by atoms with Gasteiger partial charge < -0.3 is 0 Å².